The van der Waals surface area contributed by atoms with Crippen LogP contribution in [0.25, 0.3) is 0 Å². The fourth-order valence-corrected chi connectivity index (χ4v) is 0.499. The minimum Gasteiger partial charge on any atom is -0.399 e. The quantitative estimate of drug-likeness (QED) is 0.511. The standard InChI is InChI=1S/C7H10N2/c1-5-2-3-6(8)4-7(5)9/h2-4H,8-9H2,1H3/i2D,3D,4D. The molecule has 0 heterocycles. The Bertz CT molecular complexity index is 231. The van der Waals surface area contributed by atoms with Gasteiger partial charge in [0, 0.05) is 11.4 Å². The number of nitrogen functional groups attached to an aromatic ring is 2. The van der Waals surface area contributed by atoms with Crippen LogP contribution in [-0.4, -0.2) is 0 Å². The molecule has 0 radical (unpaired) electrons. The summed E-state index contributed by atoms with van der Waals surface area (Å²) in [5.74, 6) is 0. The molecule has 4 N–H and O–H groups in total. The second-order valence-electron chi connectivity index (χ2n) is 1.83. The number of nitrogens with two attached hydrogens (primary N) is 2. The molecule has 1 aromatic carbocycles. The smallest absolute Gasteiger partial charge is 0.0667 e. The van der Waals surface area contributed by atoms with Crippen molar-refractivity contribution >= 4 is 11.4 Å². The lowest BCUT2D eigenvalue weighted by Crippen LogP contribution is -1.91. The lowest BCUT2D eigenvalue weighted by molar-refractivity contribution is 1.47. The van der Waals surface area contributed by atoms with Gasteiger partial charge in [-0.2, -0.15) is 0 Å². The summed E-state index contributed by atoms with van der Waals surface area (Å²) in [5, 5.41) is 0. The number of hydrogen-bond acceptors (Lipinski definition) is 2. The second kappa shape index (κ2) is 1.97. The Hall–Kier alpha value is -1.18. The normalized spacial score (nSPS) is 14.1. The van der Waals surface area contributed by atoms with Crippen molar-refractivity contribution in [1.29, 1.82) is 0 Å². The van der Waals surface area contributed by atoms with Crippen molar-refractivity contribution in [3.63, 3.8) is 0 Å². The molecule has 0 fully saturated rings. The SMILES string of the molecule is [2H]c1c([2H])c(N)c([2H])c(N)c1C. The van der Waals surface area contributed by atoms with Gasteiger partial charge < -0.3 is 11.5 Å². The summed E-state index contributed by atoms with van der Waals surface area (Å²) in [4.78, 5) is 0. The highest BCUT2D eigenvalue weighted by Crippen LogP contribution is 2.13. The zero-order valence-corrected chi connectivity index (χ0v) is 5.15. The third-order valence-corrected chi connectivity index (χ3v) is 1.06. The van der Waals surface area contributed by atoms with Crippen LogP contribution in [0.5, 0.6) is 0 Å². The van der Waals surface area contributed by atoms with Crippen LogP contribution in [0, 0.1) is 6.92 Å². The monoisotopic (exact) mass is 125 g/mol. The van der Waals surface area contributed by atoms with E-state index in [-0.39, 0.29) is 29.5 Å². The van der Waals surface area contributed by atoms with Gasteiger partial charge in [0.1, 0.15) is 0 Å². The third kappa shape index (κ3) is 1.13. The molecule has 0 aromatic heterocycles. The molecule has 0 bridgehead atoms. The van der Waals surface area contributed by atoms with E-state index in [2.05, 4.69) is 0 Å². The molecular formula is C7H10N2. The van der Waals surface area contributed by atoms with Crippen LogP contribution in [0.1, 0.15) is 9.68 Å². The summed E-state index contributed by atoms with van der Waals surface area (Å²) < 4.78 is 22.1. The molecule has 1 rings (SSSR count). The highest BCUT2D eigenvalue weighted by molar-refractivity contribution is 5.55. The molecule has 0 saturated heterocycles. The fraction of sp³-hybridized carbons (Fsp3) is 0.143. The van der Waals surface area contributed by atoms with Crippen molar-refractivity contribution in [2.45, 2.75) is 6.92 Å². The van der Waals surface area contributed by atoms with Crippen LogP contribution in [0.2, 0.25) is 0 Å². The molecule has 2 nitrogen and oxygen atoms in total. The predicted molar refractivity (Wildman–Crippen MR) is 40.0 cm³/mol. The Kier molecular flexibility index (Phi) is 0.681. The first-order chi connectivity index (χ1) is 5.46. The van der Waals surface area contributed by atoms with Crippen molar-refractivity contribution < 1.29 is 4.11 Å². The molecule has 0 unspecified atom stereocenters. The van der Waals surface area contributed by atoms with E-state index in [4.69, 9.17) is 15.6 Å². The van der Waals surface area contributed by atoms with E-state index in [0.29, 0.717) is 5.56 Å². The molecule has 48 valence electrons. The van der Waals surface area contributed by atoms with Crippen molar-refractivity contribution in [2.24, 2.45) is 0 Å². The molecule has 0 atom stereocenters. The molecule has 2 heteroatoms. The van der Waals surface area contributed by atoms with E-state index in [1.807, 2.05) is 0 Å². The maximum atomic E-state index is 7.39. The van der Waals surface area contributed by atoms with Crippen molar-refractivity contribution in [1.82, 2.24) is 0 Å². The number of benzene rings is 1. The minimum absolute atomic E-state index is 0.000926. The highest BCUT2D eigenvalue weighted by Gasteiger charge is 1.90. The van der Waals surface area contributed by atoms with Gasteiger partial charge in [-0.25, -0.2) is 0 Å². The maximum Gasteiger partial charge on any atom is 0.0667 e. The van der Waals surface area contributed by atoms with Crippen LogP contribution in [0.4, 0.5) is 11.4 Å². The van der Waals surface area contributed by atoms with Crippen molar-refractivity contribution in [3.05, 3.63) is 23.7 Å². The largest absolute Gasteiger partial charge is 0.399 e. The predicted octanol–water partition coefficient (Wildman–Crippen LogP) is 1.16. The summed E-state index contributed by atoms with van der Waals surface area (Å²) >= 11 is 0. The zero-order chi connectivity index (χ0) is 9.46. The van der Waals surface area contributed by atoms with Crippen LogP contribution in [0.15, 0.2) is 18.1 Å². The van der Waals surface area contributed by atoms with Gasteiger partial charge in [0.15, 0.2) is 0 Å². The van der Waals surface area contributed by atoms with E-state index in [1.165, 1.54) is 0 Å². The average Bonchev–Trinajstić information content (AvgIpc) is 2.08. The Morgan fingerprint density at radius 2 is 2.11 bits per heavy atom. The van der Waals surface area contributed by atoms with Gasteiger partial charge in [0.25, 0.3) is 0 Å². The molecule has 1 aromatic rings. The van der Waals surface area contributed by atoms with E-state index in [0.717, 1.165) is 0 Å². The Balaban J connectivity index is 3.60. The van der Waals surface area contributed by atoms with Crippen LogP contribution >= 0.6 is 0 Å². The van der Waals surface area contributed by atoms with Gasteiger partial charge in [-0.3, -0.25) is 0 Å². The van der Waals surface area contributed by atoms with Gasteiger partial charge in [-0.1, -0.05) is 6.04 Å². The summed E-state index contributed by atoms with van der Waals surface area (Å²) in [6.07, 6.45) is 0. The summed E-state index contributed by atoms with van der Waals surface area (Å²) in [6.45, 7) is 1.60. The number of rotatable bonds is 0. The molecule has 0 saturated carbocycles. The first kappa shape index (κ1) is 3.11. The van der Waals surface area contributed by atoms with Gasteiger partial charge in [-0.05, 0) is 24.6 Å². The first-order valence-corrected chi connectivity index (χ1v) is 2.58. The van der Waals surface area contributed by atoms with E-state index in [1.54, 1.807) is 6.92 Å². The summed E-state index contributed by atoms with van der Waals surface area (Å²) in [7, 11) is 0. The molecule has 0 amide bonds. The first-order valence-electron chi connectivity index (χ1n) is 4.08. The maximum absolute atomic E-state index is 7.39. The molecule has 0 aliphatic heterocycles. The Labute approximate surface area is 58.7 Å². The molecule has 0 aliphatic rings. The topological polar surface area (TPSA) is 52.0 Å². The zero-order valence-electron chi connectivity index (χ0n) is 8.15. The van der Waals surface area contributed by atoms with Gasteiger partial charge in [-0.15, -0.1) is 0 Å². The second-order valence-corrected chi connectivity index (χ2v) is 1.83. The van der Waals surface area contributed by atoms with Crippen LogP contribution in [-0.2, 0) is 0 Å². The third-order valence-electron chi connectivity index (χ3n) is 1.06. The summed E-state index contributed by atoms with van der Waals surface area (Å²) in [5.41, 5.74) is 11.5. The Morgan fingerprint density at radius 1 is 1.44 bits per heavy atom. The Morgan fingerprint density at radius 3 is 2.78 bits per heavy atom. The van der Waals surface area contributed by atoms with Crippen LogP contribution < -0.4 is 11.5 Å². The van der Waals surface area contributed by atoms with Crippen molar-refractivity contribution in [3.8, 4) is 0 Å². The average molecular weight is 125 g/mol. The van der Waals surface area contributed by atoms with E-state index >= 15 is 0 Å². The minimum atomic E-state index is -0.119. The lowest BCUT2D eigenvalue weighted by Gasteiger charge is -1.98. The highest BCUT2D eigenvalue weighted by atomic mass is 14.6. The molecule has 0 aliphatic carbocycles. The van der Waals surface area contributed by atoms with Crippen molar-refractivity contribution in [2.75, 3.05) is 11.5 Å². The molecular weight excluding hydrogens is 112 g/mol. The summed E-state index contributed by atoms with van der Waals surface area (Å²) in [6, 6.07) is -0.166. The van der Waals surface area contributed by atoms with Gasteiger partial charge >= 0.3 is 0 Å². The molecule has 0 spiro atoms. The van der Waals surface area contributed by atoms with Gasteiger partial charge in [0.05, 0.1) is 4.11 Å². The van der Waals surface area contributed by atoms with Crippen LogP contribution in [0.3, 0.4) is 0 Å². The number of anilines is 2. The molecule has 9 heavy (non-hydrogen) atoms. The van der Waals surface area contributed by atoms with Gasteiger partial charge in [0.2, 0.25) is 0 Å². The number of hydrogen-bond donors (Lipinski definition) is 2. The van der Waals surface area contributed by atoms with E-state index < -0.39 is 0 Å². The lowest BCUT2D eigenvalue weighted by atomic mass is 10.2. The fourth-order valence-electron chi connectivity index (χ4n) is 0.499. The van der Waals surface area contributed by atoms with E-state index in [9.17, 15) is 0 Å².